The van der Waals surface area contributed by atoms with Crippen LogP contribution in [0.5, 0.6) is 0 Å². The molecule has 0 bridgehead atoms. The molecule has 1 aromatic heterocycles. The molecule has 2 N–H and O–H groups in total. The molecule has 1 aromatic carbocycles. The Morgan fingerprint density at radius 3 is 2.69 bits per heavy atom. The lowest BCUT2D eigenvalue weighted by molar-refractivity contribution is -0.113. The summed E-state index contributed by atoms with van der Waals surface area (Å²) in [6.07, 6.45) is 0. The zero-order valence-electron chi connectivity index (χ0n) is 16.1. The Hall–Kier alpha value is -2.55. The van der Waals surface area contributed by atoms with Crippen LogP contribution in [-0.4, -0.2) is 42.3 Å². The minimum absolute atomic E-state index is 0.279. The van der Waals surface area contributed by atoms with Crippen molar-refractivity contribution in [3.63, 3.8) is 0 Å². The SMILES string of the molecule is COCCN1C(=O)NC(c2ccc(Cl)c(Cl)c2)C(C(=O)Nc2cc(C)on2)=C1C. The lowest BCUT2D eigenvalue weighted by Gasteiger charge is -2.35. The number of nitrogens with one attached hydrogen (secondary N) is 2. The quantitative estimate of drug-likeness (QED) is 0.712. The molecule has 1 atom stereocenters. The molecule has 3 amide bonds. The molecular formula is C19H20Cl2N4O4. The molecule has 1 aliphatic heterocycles. The van der Waals surface area contributed by atoms with Crippen LogP contribution in [0.3, 0.4) is 0 Å². The number of rotatable bonds is 6. The van der Waals surface area contributed by atoms with Crippen molar-refractivity contribution in [3.05, 3.63) is 56.9 Å². The number of methoxy groups -OCH3 is 1. The lowest BCUT2D eigenvalue weighted by atomic mass is 9.94. The van der Waals surface area contributed by atoms with Crippen molar-refractivity contribution in [2.24, 2.45) is 0 Å². The molecule has 8 nitrogen and oxygen atoms in total. The van der Waals surface area contributed by atoms with E-state index in [4.69, 9.17) is 32.5 Å². The molecule has 3 rings (SSSR count). The number of aryl methyl sites for hydroxylation is 1. The van der Waals surface area contributed by atoms with E-state index in [9.17, 15) is 9.59 Å². The van der Waals surface area contributed by atoms with Gasteiger partial charge in [-0.2, -0.15) is 0 Å². The Labute approximate surface area is 177 Å². The minimum atomic E-state index is -0.718. The average molecular weight is 439 g/mol. The van der Waals surface area contributed by atoms with E-state index in [2.05, 4.69) is 15.8 Å². The molecule has 1 aliphatic rings. The summed E-state index contributed by atoms with van der Waals surface area (Å²) in [5.74, 6) is 0.418. The summed E-state index contributed by atoms with van der Waals surface area (Å²) in [5, 5.41) is 10.1. The van der Waals surface area contributed by atoms with Crippen LogP contribution in [0.15, 0.2) is 40.1 Å². The van der Waals surface area contributed by atoms with Crippen LogP contribution in [-0.2, 0) is 9.53 Å². The number of nitrogens with zero attached hydrogens (tertiary/aromatic N) is 2. The monoisotopic (exact) mass is 438 g/mol. The average Bonchev–Trinajstić information content (AvgIpc) is 3.07. The number of aromatic nitrogens is 1. The van der Waals surface area contributed by atoms with Gasteiger partial charge in [-0.15, -0.1) is 0 Å². The van der Waals surface area contributed by atoms with Gasteiger partial charge >= 0.3 is 6.03 Å². The van der Waals surface area contributed by atoms with Gasteiger partial charge in [0.2, 0.25) is 0 Å². The summed E-state index contributed by atoms with van der Waals surface area (Å²) >= 11 is 12.2. The van der Waals surface area contributed by atoms with Gasteiger partial charge in [0.1, 0.15) is 5.76 Å². The van der Waals surface area contributed by atoms with Gasteiger partial charge in [0.15, 0.2) is 5.82 Å². The van der Waals surface area contributed by atoms with Crippen LogP contribution in [0.4, 0.5) is 10.6 Å². The van der Waals surface area contributed by atoms with Gasteiger partial charge in [-0.05, 0) is 31.5 Å². The Balaban J connectivity index is 2.02. The van der Waals surface area contributed by atoms with Crippen molar-refractivity contribution < 1.29 is 18.8 Å². The number of ether oxygens (including phenoxy) is 1. The number of carbonyl (C=O) groups excluding carboxylic acids is 2. The number of anilines is 1. The predicted molar refractivity (Wildman–Crippen MR) is 109 cm³/mol. The number of benzene rings is 1. The largest absolute Gasteiger partial charge is 0.383 e. The number of allylic oxidation sites excluding steroid dienone is 1. The maximum absolute atomic E-state index is 13.1. The highest BCUT2D eigenvalue weighted by atomic mass is 35.5. The van der Waals surface area contributed by atoms with Crippen molar-refractivity contribution in [1.29, 1.82) is 0 Å². The molecule has 2 aromatic rings. The van der Waals surface area contributed by atoms with E-state index in [-0.39, 0.29) is 11.8 Å². The first-order valence-corrected chi connectivity index (χ1v) is 9.54. The van der Waals surface area contributed by atoms with Gasteiger partial charge in [-0.25, -0.2) is 4.79 Å². The maximum atomic E-state index is 13.1. The molecule has 0 saturated heterocycles. The zero-order valence-corrected chi connectivity index (χ0v) is 17.6. The van der Waals surface area contributed by atoms with Crippen molar-refractivity contribution in [2.45, 2.75) is 19.9 Å². The Morgan fingerprint density at radius 1 is 1.31 bits per heavy atom. The fraction of sp³-hybridized carbons (Fsp3) is 0.316. The summed E-state index contributed by atoms with van der Waals surface area (Å²) in [4.78, 5) is 27.3. The highest BCUT2D eigenvalue weighted by molar-refractivity contribution is 6.42. The number of halogens is 2. The number of hydrogen-bond acceptors (Lipinski definition) is 5. The number of urea groups is 1. The number of amides is 3. The normalized spacial score (nSPS) is 16.8. The van der Waals surface area contributed by atoms with Gasteiger partial charge in [0.25, 0.3) is 5.91 Å². The zero-order chi connectivity index (χ0) is 21.1. The number of hydrogen-bond donors (Lipinski definition) is 2. The molecule has 29 heavy (non-hydrogen) atoms. The molecule has 154 valence electrons. The van der Waals surface area contributed by atoms with Crippen LogP contribution in [0.25, 0.3) is 0 Å². The molecule has 0 radical (unpaired) electrons. The molecule has 1 unspecified atom stereocenters. The Kier molecular flexibility index (Phi) is 6.46. The van der Waals surface area contributed by atoms with Crippen molar-refractivity contribution >= 4 is 41.0 Å². The van der Waals surface area contributed by atoms with Crippen LogP contribution in [0.1, 0.15) is 24.3 Å². The highest BCUT2D eigenvalue weighted by Gasteiger charge is 2.36. The van der Waals surface area contributed by atoms with E-state index in [0.717, 1.165) is 0 Å². The van der Waals surface area contributed by atoms with E-state index in [0.29, 0.717) is 45.8 Å². The third-order valence-electron chi connectivity index (χ3n) is 4.51. The van der Waals surface area contributed by atoms with Crippen LogP contribution < -0.4 is 10.6 Å². The van der Waals surface area contributed by atoms with Crippen LogP contribution >= 0.6 is 23.2 Å². The molecule has 0 saturated carbocycles. The molecule has 0 spiro atoms. The van der Waals surface area contributed by atoms with Crippen molar-refractivity contribution in [1.82, 2.24) is 15.4 Å². The first-order valence-electron chi connectivity index (χ1n) is 8.79. The summed E-state index contributed by atoms with van der Waals surface area (Å²) in [7, 11) is 1.54. The van der Waals surface area contributed by atoms with Gasteiger partial charge < -0.3 is 19.9 Å². The minimum Gasteiger partial charge on any atom is -0.383 e. The molecule has 2 heterocycles. The van der Waals surface area contributed by atoms with Gasteiger partial charge in [0, 0.05) is 18.9 Å². The third-order valence-corrected chi connectivity index (χ3v) is 5.25. The fourth-order valence-corrected chi connectivity index (χ4v) is 3.38. The van der Waals surface area contributed by atoms with E-state index in [1.807, 2.05) is 0 Å². The summed E-state index contributed by atoms with van der Waals surface area (Å²) in [6.45, 7) is 4.04. The van der Waals surface area contributed by atoms with Gasteiger partial charge in [-0.1, -0.05) is 34.4 Å². The second kappa shape index (κ2) is 8.86. The second-order valence-electron chi connectivity index (χ2n) is 6.48. The second-order valence-corrected chi connectivity index (χ2v) is 7.29. The first kappa shape index (κ1) is 21.2. The van der Waals surface area contributed by atoms with Crippen molar-refractivity contribution in [3.8, 4) is 0 Å². The maximum Gasteiger partial charge on any atom is 0.322 e. The van der Waals surface area contributed by atoms with Gasteiger partial charge in [-0.3, -0.25) is 9.69 Å². The molecular weight excluding hydrogens is 419 g/mol. The first-order chi connectivity index (χ1) is 13.8. The van der Waals surface area contributed by atoms with Gasteiger partial charge in [0.05, 0.1) is 34.8 Å². The van der Waals surface area contributed by atoms with Crippen molar-refractivity contribution in [2.75, 3.05) is 25.6 Å². The predicted octanol–water partition coefficient (Wildman–Crippen LogP) is 3.92. The van der Waals surface area contributed by atoms with E-state index < -0.39 is 11.9 Å². The van der Waals surface area contributed by atoms with E-state index in [1.165, 1.54) is 4.90 Å². The van der Waals surface area contributed by atoms with E-state index in [1.54, 1.807) is 45.2 Å². The summed E-state index contributed by atoms with van der Waals surface area (Å²) in [6, 6.07) is 5.50. The third kappa shape index (κ3) is 4.55. The summed E-state index contributed by atoms with van der Waals surface area (Å²) in [5.41, 5.74) is 1.47. The highest BCUT2D eigenvalue weighted by Crippen LogP contribution is 2.34. The fourth-order valence-electron chi connectivity index (χ4n) is 3.08. The standard InChI is InChI=1S/C19H20Cl2N4O4/c1-10-8-15(24-29-10)22-18(26)16-11(2)25(6-7-28-3)19(27)23-17(16)12-4-5-13(20)14(21)9-12/h4-5,8-9,17H,6-7H2,1-3H3,(H,23,27)(H,22,24,26). The van der Waals surface area contributed by atoms with Crippen LogP contribution in [0.2, 0.25) is 10.0 Å². The smallest absolute Gasteiger partial charge is 0.322 e. The summed E-state index contributed by atoms with van der Waals surface area (Å²) < 4.78 is 10.1. The van der Waals surface area contributed by atoms with Crippen LogP contribution in [0, 0.1) is 6.92 Å². The van der Waals surface area contributed by atoms with E-state index >= 15 is 0 Å². The Bertz CT molecular complexity index is 973. The molecule has 10 heteroatoms. The topological polar surface area (TPSA) is 96.7 Å². The lowest BCUT2D eigenvalue weighted by Crippen LogP contribution is -2.49. The molecule has 0 aliphatic carbocycles. The molecule has 0 fully saturated rings. The number of carbonyl (C=O) groups is 2. The Morgan fingerprint density at radius 2 is 2.07 bits per heavy atom.